The number of hydrogen-bond acceptors (Lipinski definition) is 6. The van der Waals surface area contributed by atoms with E-state index >= 15 is 0 Å². The summed E-state index contributed by atoms with van der Waals surface area (Å²) in [5.41, 5.74) is 8.03. The van der Waals surface area contributed by atoms with Crippen molar-refractivity contribution in [3.8, 4) is 0 Å². The Morgan fingerprint density at radius 3 is 2.54 bits per heavy atom. The zero-order valence-electron chi connectivity index (χ0n) is 19.4. The van der Waals surface area contributed by atoms with E-state index in [2.05, 4.69) is 4.72 Å². The second kappa shape index (κ2) is 10.9. The van der Waals surface area contributed by atoms with Gasteiger partial charge in [-0.1, -0.05) is 30.3 Å². The van der Waals surface area contributed by atoms with E-state index in [-0.39, 0.29) is 16.0 Å². The molecule has 4 rings (SSSR count). The summed E-state index contributed by atoms with van der Waals surface area (Å²) in [5, 5.41) is 15.5. The number of nitrogen functional groups attached to an aromatic ring is 1. The number of carbonyl (C=O) groups excluding carboxylic acids is 1. The van der Waals surface area contributed by atoms with E-state index in [0.29, 0.717) is 25.1 Å². The van der Waals surface area contributed by atoms with E-state index in [4.69, 9.17) is 21.0 Å². The average molecular weight is 557 g/mol. The highest BCUT2D eigenvalue weighted by atomic mass is 32.2. The zero-order valence-corrected chi connectivity index (χ0v) is 21.0. The van der Waals surface area contributed by atoms with Gasteiger partial charge in [-0.2, -0.15) is 17.9 Å². The van der Waals surface area contributed by atoms with Gasteiger partial charge in [0.15, 0.2) is 0 Å². The summed E-state index contributed by atoms with van der Waals surface area (Å²) in [5.74, 6) is -3.04. The number of carboxylic acids is 1. The van der Waals surface area contributed by atoms with Gasteiger partial charge in [-0.25, -0.2) is 13.2 Å². The Hall–Kier alpha value is -3.49. The Bertz CT molecular complexity index is 1450. The zero-order chi connectivity index (χ0) is 27.5. The third-order valence-electron chi connectivity index (χ3n) is 5.37. The number of fused-ring (bicyclic) bond motifs is 1. The van der Waals surface area contributed by atoms with Crippen LogP contribution in [0, 0.1) is 12.3 Å². The summed E-state index contributed by atoms with van der Waals surface area (Å²) < 4.78 is 61.2. The normalized spacial score (nSPS) is 15.9. The molecule has 1 atom stereocenters. The number of aliphatic carboxylic acids is 1. The number of nitrogens with two attached hydrogens (primary N) is 1. The van der Waals surface area contributed by atoms with Crippen molar-refractivity contribution in [3.05, 3.63) is 65.2 Å². The SMILES string of the molecule is Cc1ccc2cc(S(=O)(=O)N[C@H]3CCN(Cc4cccc(C(=N)N)c4)C3=O)sc2c1.O=C(O)C(F)(F)F. The largest absolute Gasteiger partial charge is 0.490 e. The standard InChI is InChI=1S/C21H22N4O3S2.C2HF3O2/c1-13-5-6-15-11-19(29-18(15)9-13)30(27,28)24-17-7-8-25(21(17)26)12-14-3-2-4-16(10-14)20(22)23;3-2(4,5)1(6)7/h2-6,9-11,17,24H,7-8,12H2,1H3,(H3,22,23);(H,6,7)/t17-;/m0./s1. The summed E-state index contributed by atoms with van der Waals surface area (Å²) in [4.78, 5) is 23.3. The molecule has 9 nitrogen and oxygen atoms in total. The summed E-state index contributed by atoms with van der Waals surface area (Å²) in [6.45, 7) is 2.77. The van der Waals surface area contributed by atoms with Crippen LogP contribution in [-0.2, 0) is 26.2 Å². The Kier molecular flexibility index (Phi) is 8.25. The number of rotatable bonds is 6. The number of benzene rings is 2. The van der Waals surface area contributed by atoms with Crippen molar-refractivity contribution in [2.75, 3.05) is 6.54 Å². The number of carbonyl (C=O) groups is 2. The number of amides is 1. The monoisotopic (exact) mass is 556 g/mol. The van der Waals surface area contributed by atoms with Crippen LogP contribution in [-0.4, -0.2) is 54.9 Å². The summed E-state index contributed by atoms with van der Waals surface area (Å²) >= 11 is 1.20. The van der Waals surface area contributed by atoms with Crippen LogP contribution in [0.25, 0.3) is 10.1 Å². The molecule has 2 aromatic carbocycles. The molecule has 0 saturated carbocycles. The fourth-order valence-electron chi connectivity index (χ4n) is 3.55. The van der Waals surface area contributed by atoms with Crippen LogP contribution >= 0.6 is 11.3 Å². The third kappa shape index (κ3) is 7.05. The Labute approximate surface area is 214 Å². The van der Waals surface area contributed by atoms with Gasteiger partial charge in [-0.05, 0) is 48.1 Å². The number of likely N-dealkylation sites (tertiary alicyclic amines) is 1. The number of nitrogens with one attached hydrogen (secondary N) is 2. The summed E-state index contributed by atoms with van der Waals surface area (Å²) in [7, 11) is -3.79. The average Bonchev–Trinajstić information content (AvgIpc) is 3.38. The van der Waals surface area contributed by atoms with E-state index in [1.54, 1.807) is 29.2 Å². The van der Waals surface area contributed by atoms with Crippen LogP contribution in [0.1, 0.15) is 23.1 Å². The lowest BCUT2D eigenvalue weighted by Crippen LogP contribution is -2.41. The molecule has 0 unspecified atom stereocenters. The van der Waals surface area contributed by atoms with Gasteiger partial charge < -0.3 is 15.7 Å². The number of nitrogens with zero attached hydrogens (tertiary/aromatic N) is 1. The van der Waals surface area contributed by atoms with Gasteiger partial charge in [0.1, 0.15) is 16.1 Å². The van der Waals surface area contributed by atoms with E-state index in [0.717, 1.165) is 21.2 Å². The maximum Gasteiger partial charge on any atom is 0.490 e. The van der Waals surface area contributed by atoms with Crippen molar-refractivity contribution < 1.29 is 36.3 Å². The Morgan fingerprint density at radius 1 is 1.24 bits per heavy atom. The molecule has 14 heteroatoms. The number of thiophene rings is 1. The summed E-state index contributed by atoms with van der Waals surface area (Å²) in [6, 6.07) is 13.8. The molecular formula is C23H23F3N4O5S2. The predicted molar refractivity (Wildman–Crippen MR) is 132 cm³/mol. The van der Waals surface area contributed by atoms with Crippen LogP contribution in [0.4, 0.5) is 13.2 Å². The highest BCUT2D eigenvalue weighted by Gasteiger charge is 2.38. The molecule has 5 N–H and O–H groups in total. The highest BCUT2D eigenvalue weighted by molar-refractivity contribution is 7.91. The highest BCUT2D eigenvalue weighted by Crippen LogP contribution is 2.30. The van der Waals surface area contributed by atoms with E-state index < -0.39 is 28.2 Å². The molecule has 1 aromatic heterocycles. The molecule has 0 bridgehead atoms. The van der Waals surface area contributed by atoms with Gasteiger partial charge in [0.05, 0.1) is 0 Å². The minimum atomic E-state index is -5.08. The molecule has 198 valence electrons. The molecule has 1 saturated heterocycles. The molecule has 1 aliphatic heterocycles. The minimum absolute atomic E-state index is 0.0336. The lowest BCUT2D eigenvalue weighted by atomic mass is 10.1. The van der Waals surface area contributed by atoms with Gasteiger partial charge in [0, 0.05) is 23.4 Å². The molecule has 2 heterocycles. The summed E-state index contributed by atoms with van der Waals surface area (Å²) in [6.07, 6.45) is -4.67. The molecular weight excluding hydrogens is 533 g/mol. The molecule has 0 radical (unpaired) electrons. The van der Waals surface area contributed by atoms with Crippen molar-refractivity contribution in [1.29, 1.82) is 5.41 Å². The van der Waals surface area contributed by atoms with E-state index in [1.165, 1.54) is 11.3 Å². The molecule has 3 aromatic rings. The topological polar surface area (TPSA) is 154 Å². The molecule has 1 fully saturated rings. The van der Waals surface area contributed by atoms with E-state index in [1.807, 2.05) is 31.2 Å². The Balaban J connectivity index is 0.000000479. The number of carboxylic acid groups (broad SMARTS) is 1. The second-order valence-electron chi connectivity index (χ2n) is 8.25. The number of amidine groups is 1. The smallest absolute Gasteiger partial charge is 0.475 e. The van der Waals surface area contributed by atoms with Gasteiger partial charge in [-0.15, -0.1) is 11.3 Å². The minimum Gasteiger partial charge on any atom is -0.475 e. The molecule has 37 heavy (non-hydrogen) atoms. The molecule has 0 aliphatic carbocycles. The maximum atomic E-state index is 12.9. The van der Waals surface area contributed by atoms with Gasteiger partial charge in [-0.3, -0.25) is 10.2 Å². The number of halogens is 3. The van der Waals surface area contributed by atoms with Crippen molar-refractivity contribution in [1.82, 2.24) is 9.62 Å². The first-order chi connectivity index (χ1) is 17.2. The lowest BCUT2D eigenvalue weighted by molar-refractivity contribution is -0.192. The van der Waals surface area contributed by atoms with Crippen LogP contribution in [0.2, 0.25) is 0 Å². The number of alkyl halides is 3. The van der Waals surface area contributed by atoms with Crippen LogP contribution in [0.5, 0.6) is 0 Å². The number of aryl methyl sites for hydroxylation is 1. The maximum absolute atomic E-state index is 12.9. The fraction of sp³-hybridized carbons (Fsp3) is 0.261. The van der Waals surface area contributed by atoms with Crippen molar-refractivity contribution in [2.45, 2.75) is 36.3 Å². The van der Waals surface area contributed by atoms with Crippen molar-refractivity contribution >= 4 is 49.2 Å². The lowest BCUT2D eigenvalue weighted by Gasteiger charge is -2.17. The van der Waals surface area contributed by atoms with Crippen LogP contribution < -0.4 is 10.5 Å². The number of hydrogen-bond donors (Lipinski definition) is 4. The van der Waals surface area contributed by atoms with Crippen LogP contribution in [0.3, 0.4) is 0 Å². The molecule has 1 aliphatic rings. The predicted octanol–water partition coefficient (Wildman–Crippen LogP) is 3.21. The molecule has 1 amide bonds. The third-order valence-corrected chi connectivity index (χ3v) is 8.41. The van der Waals surface area contributed by atoms with Crippen molar-refractivity contribution in [2.24, 2.45) is 5.73 Å². The quantitative estimate of drug-likeness (QED) is 0.270. The van der Waals surface area contributed by atoms with Crippen LogP contribution in [0.15, 0.2) is 52.7 Å². The first-order valence-electron chi connectivity index (χ1n) is 10.7. The number of sulfonamides is 1. The fourth-order valence-corrected chi connectivity index (χ4v) is 6.29. The first-order valence-corrected chi connectivity index (χ1v) is 13.0. The first kappa shape index (κ1) is 28.1. The van der Waals surface area contributed by atoms with E-state index in [9.17, 15) is 26.4 Å². The Morgan fingerprint density at radius 2 is 1.92 bits per heavy atom. The molecule has 0 spiro atoms. The van der Waals surface area contributed by atoms with Crippen molar-refractivity contribution in [3.63, 3.8) is 0 Å². The second-order valence-corrected chi connectivity index (χ2v) is 11.3. The van der Waals surface area contributed by atoms with Gasteiger partial charge in [0.2, 0.25) is 5.91 Å². The van der Waals surface area contributed by atoms with Gasteiger partial charge >= 0.3 is 12.1 Å². The van der Waals surface area contributed by atoms with Gasteiger partial charge in [0.25, 0.3) is 10.0 Å².